The molecule has 0 atom stereocenters. The number of rotatable bonds is 2. The Morgan fingerprint density at radius 1 is 1.29 bits per heavy atom. The maximum atomic E-state index is 11.1. The van der Waals surface area contributed by atoms with Crippen molar-refractivity contribution in [2.45, 2.75) is 19.8 Å². The normalized spacial score (nSPS) is 13.7. The molecule has 4 heteroatoms. The van der Waals surface area contributed by atoms with E-state index in [2.05, 4.69) is 5.32 Å². The molecule has 0 saturated carbocycles. The van der Waals surface area contributed by atoms with Gasteiger partial charge in [-0.1, -0.05) is 0 Å². The molecule has 3 N–H and O–H groups in total. The zero-order chi connectivity index (χ0) is 12.5. The molecule has 0 unspecified atom stereocenters. The molecule has 1 aromatic rings. The topological polar surface area (TPSA) is 64.3 Å². The first kappa shape index (κ1) is 13.5. The third-order valence-corrected chi connectivity index (χ3v) is 2.38. The minimum Gasteiger partial charge on any atom is -0.462 e. The number of anilines is 1. The van der Waals surface area contributed by atoms with Gasteiger partial charge in [-0.15, -0.1) is 0 Å². The lowest BCUT2D eigenvalue weighted by atomic mass is 10.2. The van der Waals surface area contributed by atoms with E-state index in [-0.39, 0.29) is 5.97 Å². The van der Waals surface area contributed by atoms with Crippen LogP contribution in [0.3, 0.4) is 0 Å². The van der Waals surface area contributed by atoms with Crippen molar-refractivity contribution in [2.75, 3.05) is 25.4 Å². The second-order valence-electron chi connectivity index (χ2n) is 3.80. The van der Waals surface area contributed by atoms with Crippen LogP contribution in [0.4, 0.5) is 5.69 Å². The van der Waals surface area contributed by atoms with E-state index in [0.29, 0.717) is 17.9 Å². The summed E-state index contributed by atoms with van der Waals surface area (Å²) in [6.45, 7) is 4.67. The fraction of sp³-hybridized carbons (Fsp3) is 0.462. The predicted octanol–water partition coefficient (Wildman–Crippen LogP) is 1.82. The van der Waals surface area contributed by atoms with Crippen molar-refractivity contribution < 1.29 is 9.53 Å². The van der Waals surface area contributed by atoms with E-state index in [1.807, 2.05) is 0 Å². The number of nitrogen functional groups attached to an aromatic ring is 1. The summed E-state index contributed by atoms with van der Waals surface area (Å²) in [7, 11) is 0. The zero-order valence-electron chi connectivity index (χ0n) is 10.2. The summed E-state index contributed by atoms with van der Waals surface area (Å²) in [4.78, 5) is 11.1. The molecular weight excluding hydrogens is 216 g/mol. The molecule has 1 heterocycles. The maximum Gasteiger partial charge on any atom is 0.338 e. The van der Waals surface area contributed by atoms with Crippen LogP contribution >= 0.6 is 0 Å². The lowest BCUT2D eigenvalue weighted by Gasteiger charge is -2.00. The molecule has 17 heavy (non-hydrogen) atoms. The Labute approximate surface area is 102 Å². The van der Waals surface area contributed by atoms with Gasteiger partial charge in [0.2, 0.25) is 0 Å². The van der Waals surface area contributed by atoms with Crippen LogP contribution < -0.4 is 11.1 Å². The fourth-order valence-electron chi connectivity index (χ4n) is 1.46. The summed E-state index contributed by atoms with van der Waals surface area (Å²) < 4.78 is 4.79. The summed E-state index contributed by atoms with van der Waals surface area (Å²) in [5.74, 6) is -0.308. The monoisotopic (exact) mass is 236 g/mol. The largest absolute Gasteiger partial charge is 0.462 e. The highest BCUT2D eigenvalue weighted by molar-refractivity contribution is 5.89. The van der Waals surface area contributed by atoms with Crippen molar-refractivity contribution in [1.82, 2.24) is 5.32 Å². The van der Waals surface area contributed by atoms with Crippen LogP contribution in [0.25, 0.3) is 0 Å². The van der Waals surface area contributed by atoms with E-state index in [9.17, 15) is 4.79 Å². The summed E-state index contributed by atoms with van der Waals surface area (Å²) in [5, 5.41) is 3.22. The highest BCUT2D eigenvalue weighted by Crippen LogP contribution is 2.06. The lowest BCUT2D eigenvalue weighted by molar-refractivity contribution is 0.0526. The maximum absolute atomic E-state index is 11.1. The Kier molecular flexibility index (Phi) is 6.10. The minimum atomic E-state index is -0.308. The summed E-state index contributed by atoms with van der Waals surface area (Å²) in [6.07, 6.45) is 2.78. The third kappa shape index (κ3) is 5.36. The Bertz CT molecular complexity index is 324. The Morgan fingerprint density at radius 2 is 1.88 bits per heavy atom. The van der Waals surface area contributed by atoms with Crippen molar-refractivity contribution in [3.63, 3.8) is 0 Å². The van der Waals surface area contributed by atoms with Crippen molar-refractivity contribution in [3.8, 4) is 0 Å². The predicted molar refractivity (Wildman–Crippen MR) is 68.9 cm³/mol. The van der Waals surface area contributed by atoms with Crippen LogP contribution in [0.15, 0.2) is 24.3 Å². The van der Waals surface area contributed by atoms with E-state index >= 15 is 0 Å². The van der Waals surface area contributed by atoms with Crippen LogP contribution in [0.2, 0.25) is 0 Å². The molecule has 0 aromatic heterocycles. The molecule has 0 spiro atoms. The van der Waals surface area contributed by atoms with Gasteiger partial charge in [-0.05, 0) is 57.1 Å². The van der Waals surface area contributed by atoms with Crippen molar-refractivity contribution in [3.05, 3.63) is 29.8 Å². The van der Waals surface area contributed by atoms with E-state index in [1.165, 1.54) is 25.9 Å². The van der Waals surface area contributed by atoms with Crippen LogP contribution in [-0.2, 0) is 4.74 Å². The molecule has 1 aromatic carbocycles. The first-order chi connectivity index (χ1) is 8.24. The molecule has 0 bridgehead atoms. The number of benzene rings is 1. The molecule has 0 amide bonds. The van der Waals surface area contributed by atoms with Gasteiger partial charge in [0.05, 0.1) is 12.2 Å². The smallest absolute Gasteiger partial charge is 0.338 e. The number of esters is 1. The number of hydrogen-bond donors (Lipinski definition) is 2. The van der Waals surface area contributed by atoms with Crippen LogP contribution in [0.1, 0.15) is 30.1 Å². The van der Waals surface area contributed by atoms with Crippen LogP contribution in [-0.4, -0.2) is 25.7 Å². The van der Waals surface area contributed by atoms with Gasteiger partial charge in [0.15, 0.2) is 0 Å². The van der Waals surface area contributed by atoms with Gasteiger partial charge in [0.25, 0.3) is 0 Å². The third-order valence-electron chi connectivity index (χ3n) is 2.38. The number of nitrogens with two attached hydrogens (primary N) is 1. The highest BCUT2D eigenvalue weighted by atomic mass is 16.5. The molecule has 0 aliphatic carbocycles. The Morgan fingerprint density at radius 3 is 2.29 bits per heavy atom. The minimum absolute atomic E-state index is 0.308. The molecule has 94 valence electrons. The van der Waals surface area contributed by atoms with Crippen molar-refractivity contribution in [2.24, 2.45) is 0 Å². The average Bonchev–Trinajstić information content (AvgIpc) is 2.89. The fourth-order valence-corrected chi connectivity index (χ4v) is 1.46. The van der Waals surface area contributed by atoms with Gasteiger partial charge in [-0.25, -0.2) is 4.79 Å². The standard InChI is InChI=1S/C9H11NO2.C4H9N/c1-2-12-9(11)7-3-5-8(10)6-4-7;1-2-4-5-3-1/h3-6H,2,10H2,1H3;5H,1-4H2. The molecule has 1 aliphatic rings. The molecule has 4 nitrogen and oxygen atoms in total. The van der Waals surface area contributed by atoms with Gasteiger partial charge in [0.1, 0.15) is 0 Å². The molecular formula is C13H20N2O2. The van der Waals surface area contributed by atoms with E-state index in [1.54, 1.807) is 31.2 Å². The number of hydrogen-bond acceptors (Lipinski definition) is 4. The molecule has 2 rings (SSSR count). The molecule has 1 aliphatic heterocycles. The van der Waals surface area contributed by atoms with Crippen molar-refractivity contribution in [1.29, 1.82) is 0 Å². The first-order valence-corrected chi connectivity index (χ1v) is 5.97. The van der Waals surface area contributed by atoms with Gasteiger partial charge in [-0.2, -0.15) is 0 Å². The SMILES string of the molecule is C1CCNC1.CCOC(=O)c1ccc(N)cc1. The zero-order valence-corrected chi connectivity index (χ0v) is 10.2. The molecule has 0 radical (unpaired) electrons. The van der Waals surface area contributed by atoms with Crippen LogP contribution in [0.5, 0.6) is 0 Å². The summed E-state index contributed by atoms with van der Waals surface area (Å²) >= 11 is 0. The molecule has 1 saturated heterocycles. The Hall–Kier alpha value is -1.55. The van der Waals surface area contributed by atoms with Crippen LogP contribution in [0, 0.1) is 0 Å². The Balaban J connectivity index is 0.000000239. The van der Waals surface area contributed by atoms with E-state index in [0.717, 1.165) is 0 Å². The number of ether oxygens (including phenoxy) is 1. The average molecular weight is 236 g/mol. The van der Waals surface area contributed by atoms with Gasteiger partial charge in [-0.3, -0.25) is 0 Å². The van der Waals surface area contributed by atoms with Gasteiger partial charge < -0.3 is 15.8 Å². The second kappa shape index (κ2) is 7.68. The van der Waals surface area contributed by atoms with E-state index in [4.69, 9.17) is 10.5 Å². The highest BCUT2D eigenvalue weighted by Gasteiger charge is 2.03. The molecule has 1 fully saturated rings. The first-order valence-electron chi connectivity index (χ1n) is 5.97. The number of carbonyl (C=O) groups is 1. The van der Waals surface area contributed by atoms with Gasteiger partial charge in [0, 0.05) is 5.69 Å². The number of carbonyl (C=O) groups excluding carboxylic acids is 1. The van der Waals surface area contributed by atoms with E-state index < -0.39 is 0 Å². The van der Waals surface area contributed by atoms with Crippen molar-refractivity contribution >= 4 is 11.7 Å². The number of nitrogens with one attached hydrogen (secondary N) is 1. The summed E-state index contributed by atoms with van der Waals surface area (Å²) in [6, 6.07) is 6.64. The van der Waals surface area contributed by atoms with Gasteiger partial charge >= 0.3 is 5.97 Å². The second-order valence-corrected chi connectivity index (χ2v) is 3.80. The summed E-state index contributed by atoms with van der Waals surface area (Å²) in [5.41, 5.74) is 6.62. The lowest BCUT2D eigenvalue weighted by Crippen LogP contribution is -2.04. The quantitative estimate of drug-likeness (QED) is 0.607.